The number of para-hydroxylation sites is 1. The van der Waals surface area contributed by atoms with Crippen LogP contribution in [0.25, 0.3) is 0 Å². The molecular weight excluding hydrogens is 500 g/mol. The minimum absolute atomic E-state index is 0.00795. The van der Waals surface area contributed by atoms with Crippen molar-refractivity contribution in [3.63, 3.8) is 0 Å². The molecule has 2 atom stereocenters. The molecule has 3 aliphatic rings. The number of carbonyl (C=O) groups excluding carboxylic acids is 3. The molecule has 196 valence electrons. The van der Waals surface area contributed by atoms with E-state index in [2.05, 4.69) is 10.3 Å². The van der Waals surface area contributed by atoms with Crippen LogP contribution in [0.4, 0.5) is 5.69 Å². The maximum absolute atomic E-state index is 14.4. The predicted octanol–water partition coefficient (Wildman–Crippen LogP) is 3.54. The summed E-state index contributed by atoms with van der Waals surface area (Å²) < 4.78 is 6.00. The lowest BCUT2D eigenvalue weighted by Gasteiger charge is -2.35. The molecule has 3 amide bonds. The third kappa shape index (κ3) is 4.05. The largest absolute Gasteiger partial charge is 0.494 e. The van der Waals surface area contributed by atoms with Crippen molar-refractivity contribution in [2.75, 3.05) is 31.1 Å². The number of benzene rings is 2. The number of nitrogens with one attached hydrogen (secondary N) is 1. The first-order valence-corrected chi connectivity index (χ1v) is 14.0. The van der Waals surface area contributed by atoms with Gasteiger partial charge in [0.1, 0.15) is 17.7 Å². The van der Waals surface area contributed by atoms with Gasteiger partial charge in [0, 0.05) is 30.1 Å². The maximum atomic E-state index is 14.4. The molecule has 0 saturated carbocycles. The molecule has 1 saturated heterocycles. The number of carbonyl (C=O) groups is 3. The fourth-order valence-electron chi connectivity index (χ4n) is 6.17. The molecule has 0 radical (unpaired) electrons. The summed E-state index contributed by atoms with van der Waals surface area (Å²) >= 11 is 1.57. The molecule has 3 aromatic rings. The van der Waals surface area contributed by atoms with Crippen molar-refractivity contribution in [1.29, 1.82) is 0 Å². The van der Waals surface area contributed by atoms with Crippen LogP contribution in [-0.2, 0) is 26.2 Å². The molecule has 9 heteroatoms. The van der Waals surface area contributed by atoms with Crippen molar-refractivity contribution in [3.05, 3.63) is 75.7 Å². The molecule has 8 nitrogen and oxygen atoms in total. The minimum Gasteiger partial charge on any atom is -0.494 e. The lowest BCUT2D eigenvalue weighted by Crippen LogP contribution is -2.48. The van der Waals surface area contributed by atoms with Gasteiger partial charge in [0.2, 0.25) is 17.7 Å². The van der Waals surface area contributed by atoms with Crippen LogP contribution in [0.15, 0.2) is 54.0 Å². The van der Waals surface area contributed by atoms with Gasteiger partial charge in [-0.25, -0.2) is 4.98 Å². The quantitative estimate of drug-likeness (QED) is 0.559. The van der Waals surface area contributed by atoms with Crippen LogP contribution in [0.5, 0.6) is 5.75 Å². The van der Waals surface area contributed by atoms with Gasteiger partial charge < -0.3 is 19.9 Å². The Morgan fingerprint density at radius 1 is 1.21 bits per heavy atom. The molecule has 6 rings (SSSR count). The Morgan fingerprint density at radius 3 is 2.92 bits per heavy atom. The third-order valence-electron chi connectivity index (χ3n) is 7.95. The molecule has 3 aliphatic heterocycles. The second kappa shape index (κ2) is 9.87. The van der Waals surface area contributed by atoms with E-state index in [4.69, 9.17) is 4.74 Å². The Hall–Kier alpha value is -3.72. The minimum atomic E-state index is -0.977. The highest BCUT2D eigenvalue weighted by atomic mass is 32.1. The zero-order valence-electron chi connectivity index (χ0n) is 21.3. The molecule has 38 heavy (non-hydrogen) atoms. The molecule has 1 fully saturated rings. The summed E-state index contributed by atoms with van der Waals surface area (Å²) in [7, 11) is 0. The average Bonchev–Trinajstić information content (AvgIpc) is 3.59. The van der Waals surface area contributed by atoms with Crippen LogP contribution in [-0.4, -0.2) is 53.8 Å². The number of amides is 3. The highest BCUT2D eigenvalue weighted by molar-refractivity contribution is 7.09. The topological polar surface area (TPSA) is 91.8 Å². The number of anilines is 1. The Bertz CT molecular complexity index is 1400. The van der Waals surface area contributed by atoms with Gasteiger partial charge in [-0.15, -0.1) is 11.3 Å². The number of hydrogen-bond donors (Lipinski definition) is 1. The van der Waals surface area contributed by atoms with E-state index in [0.29, 0.717) is 51.1 Å². The van der Waals surface area contributed by atoms with Crippen molar-refractivity contribution in [2.45, 2.75) is 44.1 Å². The van der Waals surface area contributed by atoms with E-state index in [1.165, 1.54) is 0 Å². The van der Waals surface area contributed by atoms with Gasteiger partial charge in [-0.3, -0.25) is 14.4 Å². The standard InChI is InChI=1S/C29H30N4O4S/c1-19-24(38-18-31-19)10-11-26(35)32-14-12-29-22-8-2-3-9-23(22)33(28(29)36)17-25(34)30-13-5-15-37-21-7-4-6-20(16-21)27(29)32/h2-4,6-9,16,18,27H,5,10-15,17H2,1H3,(H,30,34)/t27-,29+/m0/s1. The van der Waals surface area contributed by atoms with Crippen LogP contribution in [0.2, 0.25) is 0 Å². The molecule has 4 heterocycles. The van der Waals surface area contributed by atoms with Crippen molar-refractivity contribution < 1.29 is 19.1 Å². The number of aromatic nitrogens is 1. The summed E-state index contributed by atoms with van der Waals surface area (Å²) in [6.07, 6.45) is 2.09. The molecule has 4 bridgehead atoms. The normalized spacial score (nSPS) is 22.8. The Morgan fingerprint density at radius 2 is 2.08 bits per heavy atom. The van der Waals surface area contributed by atoms with Gasteiger partial charge in [-0.1, -0.05) is 30.3 Å². The first-order chi connectivity index (χ1) is 18.5. The van der Waals surface area contributed by atoms with Crippen LogP contribution in [0.1, 0.15) is 47.0 Å². The number of fused-ring (bicyclic) bond motifs is 6. The van der Waals surface area contributed by atoms with Crippen LogP contribution >= 0.6 is 11.3 Å². The molecule has 1 N–H and O–H groups in total. The molecule has 0 unspecified atom stereocenters. The SMILES string of the molecule is Cc1ncsc1CCC(=O)N1CC[C@]23C(=O)N(CC(=O)NCCCOc4cccc(c4)[C@H]12)c1ccccc13. The van der Waals surface area contributed by atoms with E-state index in [0.717, 1.165) is 27.4 Å². The second-order valence-electron chi connectivity index (χ2n) is 10.1. The highest BCUT2D eigenvalue weighted by Crippen LogP contribution is 2.57. The van der Waals surface area contributed by atoms with E-state index < -0.39 is 11.5 Å². The Balaban J connectivity index is 1.45. The molecular formula is C29H30N4O4S. The van der Waals surface area contributed by atoms with E-state index in [1.807, 2.05) is 65.9 Å². The summed E-state index contributed by atoms with van der Waals surface area (Å²) in [6, 6.07) is 15.0. The first kappa shape index (κ1) is 24.6. The number of hydrogen-bond acceptors (Lipinski definition) is 6. The fraction of sp³-hybridized carbons (Fsp3) is 0.379. The highest BCUT2D eigenvalue weighted by Gasteiger charge is 2.61. The monoisotopic (exact) mass is 530 g/mol. The Labute approximate surface area is 225 Å². The Kier molecular flexibility index (Phi) is 6.39. The van der Waals surface area contributed by atoms with Gasteiger partial charge in [0.15, 0.2) is 0 Å². The number of aryl methyl sites for hydroxylation is 2. The van der Waals surface area contributed by atoms with E-state index >= 15 is 0 Å². The summed E-state index contributed by atoms with van der Waals surface area (Å²) in [5, 5.41) is 2.91. The van der Waals surface area contributed by atoms with Crippen molar-refractivity contribution in [3.8, 4) is 5.75 Å². The molecule has 1 spiro atoms. The average molecular weight is 531 g/mol. The zero-order chi connectivity index (χ0) is 26.3. The summed E-state index contributed by atoms with van der Waals surface area (Å²) in [4.78, 5) is 50.0. The second-order valence-corrected chi connectivity index (χ2v) is 11.0. The van der Waals surface area contributed by atoms with Crippen molar-refractivity contribution in [1.82, 2.24) is 15.2 Å². The predicted molar refractivity (Wildman–Crippen MR) is 144 cm³/mol. The fourth-order valence-corrected chi connectivity index (χ4v) is 6.95. The summed E-state index contributed by atoms with van der Waals surface area (Å²) in [5.41, 5.74) is 4.27. The number of likely N-dealkylation sites (tertiary alicyclic amines) is 1. The van der Waals surface area contributed by atoms with Gasteiger partial charge in [0.25, 0.3) is 0 Å². The van der Waals surface area contributed by atoms with E-state index in [-0.39, 0.29) is 24.3 Å². The molecule has 0 aliphatic carbocycles. The van der Waals surface area contributed by atoms with Crippen LogP contribution < -0.4 is 15.0 Å². The zero-order valence-corrected chi connectivity index (χ0v) is 22.1. The molecule has 2 aromatic carbocycles. The first-order valence-electron chi connectivity index (χ1n) is 13.1. The lowest BCUT2D eigenvalue weighted by molar-refractivity contribution is -0.134. The number of thiazole rings is 1. The van der Waals surface area contributed by atoms with Crippen molar-refractivity contribution in [2.24, 2.45) is 0 Å². The smallest absolute Gasteiger partial charge is 0.240 e. The van der Waals surface area contributed by atoms with Crippen molar-refractivity contribution >= 4 is 34.7 Å². The number of ether oxygens (including phenoxy) is 1. The third-order valence-corrected chi connectivity index (χ3v) is 8.94. The number of rotatable bonds is 3. The van der Waals surface area contributed by atoms with Gasteiger partial charge >= 0.3 is 0 Å². The lowest BCUT2D eigenvalue weighted by atomic mass is 9.72. The van der Waals surface area contributed by atoms with Crippen LogP contribution in [0, 0.1) is 6.92 Å². The summed E-state index contributed by atoms with van der Waals surface area (Å²) in [5.74, 6) is 0.365. The summed E-state index contributed by atoms with van der Waals surface area (Å²) in [6.45, 7) is 3.29. The van der Waals surface area contributed by atoms with E-state index in [1.54, 1.807) is 16.2 Å². The van der Waals surface area contributed by atoms with Gasteiger partial charge in [0.05, 0.1) is 23.9 Å². The molecule has 1 aromatic heterocycles. The van der Waals surface area contributed by atoms with Gasteiger partial charge in [-0.2, -0.15) is 0 Å². The van der Waals surface area contributed by atoms with Gasteiger partial charge in [-0.05, 0) is 55.5 Å². The van der Waals surface area contributed by atoms with E-state index in [9.17, 15) is 14.4 Å². The van der Waals surface area contributed by atoms with Crippen LogP contribution in [0.3, 0.4) is 0 Å². The number of nitrogens with zero attached hydrogens (tertiary/aromatic N) is 3. The maximum Gasteiger partial charge on any atom is 0.240 e.